The van der Waals surface area contributed by atoms with Gasteiger partial charge in [0.2, 0.25) is 0 Å². The molecule has 2 aromatic rings. The number of imidazole rings is 1. The molecule has 1 aromatic carbocycles. The van der Waals surface area contributed by atoms with Crippen molar-refractivity contribution in [2.24, 2.45) is 0 Å². The Hall–Kier alpha value is -1.86. The molecule has 1 aromatic heterocycles. The van der Waals surface area contributed by atoms with Gasteiger partial charge in [-0.05, 0) is 57.1 Å². The van der Waals surface area contributed by atoms with Gasteiger partial charge in [-0.1, -0.05) is 13.8 Å². The molecule has 21 heavy (non-hydrogen) atoms. The molecule has 0 spiro atoms. The fourth-order valence-corrected chi connectivity index (χ4v) is 2.89. The average Bonchev–Trinajstić information content (AvgIpc) is 2.79. The van der Waals surface area contributed by atoms with Crippen LogP contribution in [0.15, 0.2) is 12.1 Å². The molecule has 0 aliphatic heterocycles. The van der Waals surface area contributed by atoms with Gasteiger partial charge in [-0.3, -0.25) is 4.90 Å². The standard InChI is InChI=1S/C17H24N4/c1-6-20(7-2)14(5)17-19-15-10-12(3)13(4)11-16(15)21(17)9-8-18/h10-11,14H,6-7,9H2,1-5H3. The predicted octanol–water partition coefficient (Wildman–Crippen LogP) is 3.58. The van der Waals surface area contributed by atoms with Crippen molar-refractivity contribution < 1.29 is 0 Å². The van der Waals surface area contributed by atoms with Crippen molar-refractivity contribution >= 4 is 11.0 Å². The van der Waals surface area contributed by atoms with E-state index in [1.54, 1.807) is 0 Å². The third-order valence-corrected chi connectivity index (χ3v) is 4.36. The summed E-state index contributed by atoms with van der Waals surface area (Å²) in [5, 5.41) is 9.17. The van der Waals surface area contributed by atoms with E-state index in [0.717, 1.165) is 29.9 Å². The van der Waals surface area contributed by atoms with E-state index < -0.39 is 0 Å². The summed E-state index contributed by atoms with van der Waals surface area (Å²) < 4.78 is 2.06. The minimum atomic E-state index is 0.210. The molecule has 0 radical (unpaired) electrons. The molecule has 0 amide bonds. The first-order chi connectivity index (χ1) is 10.0. The number of hydrogen-bond acceptors (Lipinski definition) is 3. The number of fused-ring (bicyclic) bond motifs is 1. The van der Waals surface area contributed by atoms with E-state index in [1.807, 2.05) is 0 Å². The number of hydrogen-bond donors (Lipinski definition) is 0. The van der Waals surface area contributed by atoms with E-state index >= 15 is 0 Å². The van der Waals surface area contributed by atoms with Gasteiger partial charge < -0.3 is 4.57 Å². The van der Waals surface area contributed by atoms with Gasteiger partial charge in [-0.25, -0.2) is 4.98 Å². The Morgan fingerprint density at radius 1 is 1.24 bits per heavy atom. The highest BCUT2D eigenvalue weighted by Crippen LogP contribution is 2.26. The number of nitrogens with zero attached hydrogens (tertiary/aromatic N) is 4. The van der Waals surface area contributed by atoms with Crippen molar-refractivity contribution in [1.29, 1.82) is 5.26 Å². The number of rotatable bonds is 5. The van der Waals surface area contributed by atoms with Crippen LogP contribution in [0.4, 0.5) is 0 Å². The molecule has 1 unspecified atom stereocenters. The van der Waals surface area contributed by atoms with Gasteiger partial charge in [-0.2, -0.15) is 5.26 Å². The van der Waals surface area contributed by atoms with Gasteiger partial charge in [0.1, 0.15) is 12.4 Å². The summed E-state index contributed by atoms with van der Waals surface area (Å²) >= 11 is 0. The van der Waals surface area contributed by atoms with Gasteiger partial charge in [0, 0.05) is 0 Å². The van der Waals surface area contributed by atoms with Crippen LogP contribution in [0.5, 0.6) is 0 Å². The lowest BCUT2D eigenvalue weighted by molar-refractivity contribution is 0.222. The molecule has 0 N–H and O–H groups in total. The van der Waals surface area contributed by atoms with Crippen molar-refractivity contribution in [1.82, 2.24) is 14.5 Å². The summed E-state index contributed by atoms with van der Waals surface area (Å²) in [7, 11) is 0. The second kappa shape index (κ2) is 6.28. The fraction of sp³-hybridized carbons (Fsp3) is 0.529. The Kier molecular flexibility index (Phi) is 4.64. The van der Waals surface area contributed by atoms with E-state index in [9.17, 15) is 0 Å². The summed E-state index contributed by atoms with van der Waals surface area (Å²) in [6.07, 6.45) is 0. The minimum Gasteiger partial charge on any atom is -0.313 e. The zero-order chi connectivity index (χ0) is 15.6. The summed E-state index contributed by atoms with van der Waals surface area (Å²) in [6, 6.07) is 6.75. The van der Waals surface area contributed by atoms with Crippen LogP contribution in [0.1, 0.15) is 43.8 Å². The molecular weight excluding hydrogens is 260 g/mol. The van der Waals surface area contributed by atoms with E-state index in [1.165, 1.54) is 11.1 Å². The lowest BCUT2D eigenvalue weighted by Gasteiger charge is -2.26. The maximum atomic E-state index is 9.17. The molecule has 0 bridgehead atoms. The largest absolute Gasteiger partial charge is 0.313 e. The van der Waals surface area contributed by atoms with E-state index in [0.29, 0.717) is 6.54 Å². The second-order valence-corrected chi connectivity index (χ2v) is 5.54. The van der Waals surface area contributed by atoms with Crippen LogP contribution in [0.3, 0.4) is 0 Å². The van der Waals surface area contributed by atoms with Crippen molar-refractivity contribution in [3.05, 3.63) is 29.1 Å². The first-order valence-corrected chi connectivity index (χ1v) is 7.61. The zero-order valence-electron chi connectivity index (χ0n) is 13.6. The van der Waals surface area contributed by atoms with Crippen LogP contribution >= 0.6 is 0 Å². The molecule has 0 saturated carbocycles. The highest BCUT2D eigenvalue weighted by molar-refractivity contribution is 5.78. The molecule has 4 nitrogen and oxygen atoms in total. The normalized spacial score (nSPS) is 12.8. The van der Waals surface area contributed by atoms with Crippen molar-refractivity contribution in [2.45, 2.75) is 47.2 Å². The van der Waals surface area contributed by atoms with Crippen LogP contribution in [0.2, 0.25) is 0 Å². The SMILES string of the molecule is CCN(CC)C(C)c1nc2cc(C)c(C)cc2n1CC#N. The topological polar surface area (TPSA) is 44.9 Å². The van der Waals surface area contributed by atoms with Gasteiger partial charge in [0.05, 0.1) is 23.1 Å². The maximum Gasteiger partial charge on any atom is 0.127 e. The van der Waals surface area contributed by atoms with Crippen molar-refractivity contribution in [3.63, 3.8) is 0 Å². The summed E-state index contributed by atoms with van der Waals surface area (Å²) in [5.74, 6) is 0.986. The zero-order valence-corrected chi connectivity index (χ0v) is 13.6. The monoisotopic (exact) mass is 284 g/mol. The van der Waals surface area contributed by atoms with Gasteiger partial charge in [0.15, 0.2) is 0 Å². The Bertz CT molecular complexity index is 674. The summed E-state index contributed by atoms with van der Waals surface area (Å²) in [4.78, 5) is 7.18. The lowest BCUT2D eigenvalue weighted by atomic mass is 10.1. The molecule has 0 saturated heterocycles. The van der Waals surface area contributed by atoms with E-state index in [-0.39, 0.29) is 6.04 Å². The van der Waals surface area contributed by atoms with E-state index in [4.69, 9.17) is 10.2 Å². The van der Waals surface area contributed by atoms with E-state index in [2.05, 4.69) is 62.3 Å². The Labute approximate surface area is 127 Å². The first-order valence-electron chi connectivity index (χ1n) is 7.61. The Morgan fingerprint density at radius 3 is 2.43 bits per heavy atom. The number of benzene rings is 1. The third-order valence-electron chi connectivity index (χ3n) is 4.36. The number of aromatic nitrogens is 2. The molecule has 4 heteroatoms. The van der Waals surface area contributed by atoms with Crippen LogP contribution in [-0.2, 0) is 6.54 Å². The van der Waals surface area contributed by atoms with Gasteiger partial charge in [0.25, 0.3) is 0 Å². The summed E-state index contributed by atoms with van der Waals surface area (Å²) in [5.41, 5.74) is 4.53. The van der Waals surface area contributed by atoms with Crippen LogP contribution in [0.25, 0.3) is 11.0 Å². The molecule has 2 rings (SSSR count). The van der Waals surface area contributed by atoms with Gasteiger partial charge >= 0.3 is 0 Å². The molecule has 0 aliphatic carbocycles. The molecule has 1 heterocycles. The van der Waals surface area contributed by atoms with Crippen molar-refractivity contribution in [2.75, 3.05) is 13.1 Å². The number of nitriles is 1. The predicted molar refractivity (Wildman–Crippen MR) is 86.2 cm³/mol. The highest BCUT2D eigenvalue weighted by atomic mass is 15.2. The minimum absolute atomic E-state index is 0.210. The third kappa shape index (κ3) is 2.79. The highest BCUT2D eigenvalue weighted by Gasteiger charge is 2.20. The van der Waals surface area contributed by atoms with Gasteiger partial charge in [-0.15, -0.1) is 0 Å². The lowest BCUT2D eigenvalue weighted by Crippen LogP contribution is -2.28. The van der Waals surface area contributed by atoms with Crippen LogP contribution in [-0.4, -0.2) is 27.5 Å². The van der Waals surface area contributed by atoms with Crippen molar-refractivity contribution in [3.8, 4) is 6.07 Å². The molecule has 0 aliphatic rings. The molecule has 112 valence electrons. The average molecular weight is 284 g/mol. The maximum absolute atomic E-state index is 9.17. The smallest absolute Gasteiger partial charge is 0.127 e. The number of aryl methyl sites for hydroxylation is 2. The molecular formula is C17H24N4. The van der Waals surface area contributed by atoms with Crippen LogP contribution < -0.4 is 0 Å². The Balaban J connectivity index is 2.62. The second-order valence-electron chi connectivity index (χ2n) is 5.54. The van der Waals surface area contributed by atoms with Crippen LogP contribution in [0, 0.1) is 25.2 Å². The fourth-order valence-electron chi connectivity index (χ4n) is 2.89. The molecule has 0 fully saturated rings. The molecule has 1 atom stereocenters. The summed E-state index contributed by atoms with van der Waals surface area (Å²) in [6.45, 7) is 13.0. The Morgan fingerprint density at radius 2 is 1.86 bits per heavy atom. The quantitative estimate of drug-likeness (QED) is 0.843. The first kappa shape index (κ1) is 15.5.